The van der Waals surface area contributed by atoms with Crippen molar-refractivity contribution in [3.63, 3.8) is 0 Å². The highest BCUT2D eigenvalue weighted by Crippen LogP contribution is 2.30. The Bertz CT molecular complexity index is 595. The van der Waals surface area contributed by atoms with Gasteiger partial charge in [-0.25, -0.2) is 8.42 Å². The zero-order valence-electron chi connectivity index (χ0n) is 11.9. The van der Waals surface area contributed by atoms with Crippen LogP contribution in [0, 0.1) is 6.92 Å². The van der Waals surface area contributed by atoms with Gasteiger partial charge in [-0.05, 0) is 25.5 Å². The lowest BCUT2D eigenvalue weighted by Crippen LogP contribution is -2.34. The number of thiophene rings is 1. The number of hydrogen-bond acceptors (Lipinski definition) is 5. The Kier molecular flexibility index (Phi) is 4.51. The molecule has 1 aromatic rings. The first-order chi connectivity index (χ1) is 9.31. The number of nitrogens with zero attached hydrogens (tertiary/aromatic N) is 1. The Morgan fingerprint density at radius 2 is 2.10 bits per heavy atom. The van der Waals surface area contributed by atoms with E-state index in [9.17, 15) is 13.2 Å². The van der Waals surface area contributed by atoms with Crippen molar-refractivity contribution in [2.45, 2.75) is 32.5 Å². The van der Waals surface area contributed by atoms with E-state index < -0.39 is 9.84 Å². The van der Waals surface area contributed by atoms with Crippen molar-refractivity contribution in [1.29, 1.82) is 0 Å². The lowest BCUT2D eigenvalue weighted by atomic mass is 10.2. The van der Waals surface area contributed by atoms with E-state index in [1.165, 1.54) is 11.1 Å². The zero-order valence-corrected chi connectivity index (χ0v) is 13.6. The Morgan fingerprint density at radius 1 is 1.40 bits per heavy atom. The maximum Gasteiger partial charge on any atom is 0.241 e. The fourth-order valence-corrected chi connectivity index (χ4v) is 3.79. The Morgan fingerprint density at radius 3 is 2.60 bits per heavy atom. The molecule has 1 saturated heterocycles. The van der Waals surface area contributed by atoms with Gasteiger partial charge in [0.15, 0.2) is 0 Å². The third-order valence-corrected chi connectivity index (χ3v) is 5.37. The lowest BCUT2D eigenvalue weighted by molar-refractivity contribution is -0.129. The van der Waals surface area contributed by atoms with Crippen molar-refractivity contribution >= 4 is 27.1 Å². The highest BCUT2D eigenvalue weighted by atomic mass is 32.2. The maximum absolute atomic E-state index is 12.3. The zero-order chi connectivity index (χ0) is 14.9. The Labute approximate surface area is 123 Å². The standard InChI is InChI=1S/C13H20N2O3S2/c1-4-10-13(16)15(7-8-20(3,17)18)12(14-10)11-6-5-9(2)19-11/h5-6,10,12,14H,4,7-8H2,1-3H3. The van der Waals surface area contributed by atoms with E-state index in [4.69, 9.17) is 0 Å². The molecule has 1 aliphatic rings. The van der Waals surface area contributed by atoms with Crippen LogP contribution in [0.5, 0.6) is 0 Å². The largest absolute Gasteiger partial charge is 0.320 e. The van der Waals surface area contributed by atoms with Gasteiger partial charge in [-0.1, -0.05) is 6.92 Å². The average Bonchev–Trinajstić information content (AvgIpc) is 2.90. The third kappa shape index (κ3) is 3.39. The predicted molar refractivity (Wildman–Crippen MR) is 80.4 cm³/mol. The molecule has 0 bridgehead atoms. The van der Waals surface area contributed by atoms with Crippen LogP contribution < -0.4 is 5.32 Å². The minimum Gasteiger partial charge on any atom is -0.320 e. The first-order valence-electron chi connectivity index (χ1n) is 6.62. The molecule has 1 amide bonds. The molecule has 7 heteroatoms. The van der Waals surface area contributed by atoms with E-state index in [2.05, 4.69) is 5.32 Å². The molecule has 1 aromatic heterocycles. The maximum atomic E-state index is 12.3. The molecule has 20 heavy (non-hydrogen) atoms. The third-order valence-electron chi connectivity index (χ3n) is 3.39. The quantitative estimate of drug-likeness (QED) is 0.889. The van der Waals surface area contributed by atoms with Crippen LogP contribution in [-0.2, 0) is 14.6 Å². The van der Waals surface area contributed by atoms with Crippen LogP contribution in [0.1, 0.15) is 29.3 Å². The van der Waals surface area contributed by atoms with Crippen LogP contribution in [0.3, 0.4) is 0 Å². The molecule has 2 unspecified atom stereocenters. The first kappa shape index (κ1) is 15.5. The van der Waals surface area contributed by atoms with Gasteiger partial charge >= 0.3 is 0 Å². The number of carbonyl (C=O) groups excluding carboxylic acids is 1. The van der Waals surface area contributed by atoms with Crippen LogP contribution >= 0.6 is 11.3 Å². The summed E-state index contributed by atoms with van der Waals surface area (Å²) < 4.78 is 22.7. The van der Waals surface area contributed by atoms with Crippen molar-refractivity contribution in [2.75, 3.05) is 18.6 Å². The van der Waals surface area contributed by atoms with Gasteiger partial charge in [0.1, 0.15) is 16.0 Å². The van der Waals surface area contributed by atoms with Gasteiger partial charge in [-0.2, -0.15) is 0 Å². The lowest BCUT2D eigenvalue weighted by Gasteiger charge is -2.22. The number of aryl methyl sites for hydroxylation is 1. The summed E-state index contributed by atoms with van der Waals surface area (Å²) in [4.78, 5) is 16.2. The molecule has 5 nitrogen and oxygen atoms in total. The molecule has 1 aliphatic heterocycles. The number of hydrogen-bond donors (Lipinski definition) is 1. The Balaban J connectivity index is 2.21. The van der Waals surface area contributed by atoms with Gasteiger partial charge in [-0.15, -0.1) is 11.3 Å². The van der Waals surface area contributed by atoms with E-state index >= 15 is 0 Å². The fourth-order valence-electron chi connectivity index (χ4n) is 2.31. The van der Waals surface area contributed by atoms with E-state index in [-0.39, 0.29) is 30.4 Å². The first-order valence-corrected chi connectivity index (χ1v) is 9.50. The smallest absolute Gasteiger partial charge is 0.241 e. The van der Waals surface area contributed by atoms with Crippen LogP contribution in [0.15, 0.2) is 12.1 Å². The van der Waals surface area contributed by atoms with Crippen molar-refractivity contribution in [3.05, 3.63) is 21.9 Å². The normalized spacial score (nSPS) is 23.6. The van der Waals surface area contributed by atoms with Gasteiger partial charge in [0.25, 0.3) is 0 Å². The SMILES string of the molecule is CCC1NC(c2ccc(C)s2)N(CCS(C)(=O)=O)C1=O. The van der Waals surface area contributed by atoms with Crippen molar-refractivity contribution in [1.82, 2.24) is 10.2 Å². The van der Waals surface area contributed by atoms with Crippen LogP contribution in [0.2, 0.25) is 0 Å². The number of nitrogens with one attached hydrogen (secondary N) is 1. The second-order valence-corrected chi connectivity index (χ2v) is 8.72. The summed E-state index contributed by atoms with van der Waals surface area (Å²) in [7, 11) is -3.08. The summed E-state index contributed by atoms with van der Waals surface area (Å²) in [6.45, 7) is 4.21. The number of carbonyl (C=O) groups is 1. The van der Waals surface area contributed by atoms with Crippen molar-refractivity contribution in [3.8, 4) is 0 Å². The number of amides is 1. The molecule has 2 rings (SSSR count). The summed E-state index contributed by atoms with van der Waals surface area (Å²) in [5, 5.41) is 3.30. The molecule has 2 atom stereocenters. The molecule has 0 spiro atoms. The molecule has 1 N–H and O–H groups in total. The second-order valence-electron chi connectivity index (χ2n) is 5.14. The highest BCUT2D eigenvalue weighted by Gasteiger charge is 2.39. The molecular formula is C13H20N2O3S2. The summed E-state index contributed by atoms with van der Waals surface area (Å²) in [6, 6.07) is 3.79. The Hall–Kier alpha value is -0.920. The minimum absolute atomic E-state index is 0.00227. The summed E-state index contributed by atoms with van der Waals surface area (Å²) in [6.07, 6.45) is 1.70. The molecule has 1 fully saturated rings. The van der Waals surface area contributed by atoms with E-state index in [0.717, 1.165) is 4.88 Å². The van der Waals surface area contributed by atoms with Gasteiger partial charge in [0.2, 0.25) is 5.91 Å². The monoisotopic (exact) mass is 316 g/mol. The molecule has 2 heterocycles. The molecule has 0 aromatic carbocycles. The van der Waals surface area contributed by atoms with Crippen LogP contribution in [-0.4, -0.2) is 43.8 Å². The summed E-state index contributed by atoms with van der Waals surface area (Å²) >= 11 is 1.63. The minimum atomic E-state index is -3.08. The molecule has 0 aliphatic carbocycles. The van der Waals surface area contributed by atoms with E-state index in [1.807, 2.05) is 26.0 Å². The molecule has 112 valence electrons. The van der Waals surface area contributed by atoms with Gasteiger partial charge in [-0.3, -0.25) is 10.1 Å². The fraction of sp³-hybridized carbons (Fsp3) is 0.615. The summed E-state index contributed by atoms with van der Waals surface area (Å²) in [5.74, 6) is -0.00949. The molecule has 0 radical (unpaired) electrons. The average molecular weight is 316 g/mol. The van der Waals surface area contributed by atoms with E-state index in [0.29, 0.717) is 6.42 Å². The van der Waals surface area contributed by atoms with Gasteiger partial charge in [0.05, 0.1) is 11.8 Å². The molecule has 0 saturated carbocycles. The summed E-state index contributed by atoms with van der Waals surface area (Å²) in [5.41, 5.74) is 0. The number of sulfone groups is 1. The van der Waals surface area contributed by atoms with Gasteiger partial charge in [0, 0.05) is 22.6 Å². The second kappa shape index (κ2) is 5.83. The topological polar surface area (TPSA) is 66.5 Å². The van der Waals surface area contributed by atoms with Crippen molar-refractivity contribution < 1.29 is 13.2 Å². The van der Waals surface area contributed by atoms with Crippen LogP contribution in [0.4, 0.5) is 0 Å². The van der Waals surface area contributed by atoms with Crippen LogP contribution in [0.25, 0.3) is 0 Å². The van der Waals surface area contributed by atoms with Crippen molar-refractivity contribution in [2.24, 2.45) is 0 Å². The highest BCUT2D eigenvalue weighted by molar-refractivity contribution is 7.90. The number of rotatable bonds is 5. The predicted octanol–water partition coefficient (Wildman–Crippen LogP) is 1.31. The van der Waals surface area contributed by atoms with Gasteiger partial charge < -0.3 is 4.90 Å². The van der Waals surface area contributed by atoms with E-state index in [1.54, 1.807) is 16.2 Å². The molecular weight excluding hydrogens is 296 g/mol.